The summed E-state index contributed by atoms with van der Waals surface area (Å²) in [5.41, 5.74) is 12.4. The molecule has 4 heteroatoms. The molecule has 0 radical (unpaired) electrons. The third kappa shape index (κ3) is 2.07. The summed E-state index contributed by atoms with van der Waals surface area (Å²) in [6.07, 6.45) is 0.952. The number of nitrogens with two attached hydrogens (primary N) is 2. The summed E-state index contributed by atoms with van der Waals surface area (Å²) >= 11 is 1.47. The molecule has 0 atom stereocenters. The normalized spacial score (nSPS) is 10.9. The molecule has 0 aromatic carbocycles. The minimum atomic E-state index is -0.425. The van der Waals surface area contributed by atoms with Gasteiger partial charge in [0, 0.05) is 4.88 Å². The predicted molar refractivity (Wildman–Crippen MR) is 60.5 cm³/mol. The molecule has 0 aliphatic rings. The maximum Gasteiger partial charge on any atom is 0.251 e. The van der Waals surface area contributed by atoms with Crippen LogP contribution < -0.4 is 11.5 Å². The Balaban J connectivity index is 3.10. The molecule has 1 aromatic heterocycles. The van der Waals surface area contributed by atoms with E-state index in [0.29, 0.717) is 16.5 Å². The van der Waals surface area contributed by atoms with Crippen LogP contribution in [0.4, 0.5) is 5.00 Å². The lowest BCUT2D eigenvalue weighted by molar-refractivity contribution is 0.100. The Morgan fingerprint density at radius 1 is 1.50 bits per heavy atom. The van der Waals surface area contributed by atoms with Crippen LogP contribution in [0.2, 0.25) is 0 Å². The first-order valence-corrected chi connectivity index (χ1v) is 5.42. The summed E-state index contributed by atoms with van der Waals surface area (Å²) in [4.78, 5) is 12.3. The van der Waals surface area contributed by atoms with Crippen molar-refractivity contribution in [3.05, 3.63) is 16.0 Å². The smallest absolute Gasteiger partial charge is 0.251 e. The fraction of sp³-hybridized carbons (Fsp3) is 0.500. The van der Waals surface area contributed by atoms with Gasteiger partial charge in [-0.05, 0) is 24.8 Å². The second-order valence-corrected chi connectivity index (χ2v) is 4.99. The Kier molecular flexibility index (Phi) is 3.16. The Bertz CT molecular complexity index is 355. The third-order valence-corrected chi connectivity index (χ3v) is 3.26. The molecule has 0 fully saturated rings. The Morgan fingerprint density at radius 3 is 2.43 bits per heavy atom. The van der Waals surface area contributed by atoms with Crippen molar-refractivity contribution in [3.63, 3.8) is 0 Å². The first-order valence-electron chi connectivity index (χ1n) is 4.61. The molecule has 0 unspecified atom stereocenters. The van der Waals surface area contributed by atoms with Crippen molar-refractivity contribution in [1.29, 1.82) is 0 Å². The van der Waals surface area contributed by atoms with E-state index < -0.39 is 5.91 Å². The van der Waals surface area contributed by atoms with Gasteiger partial charge in [0.25, 0.3) is 5.91 Å². The SMILES string of the molecule is Cc1c(CC(C)C)sc(N)c1C(N)=O. The number of rotatable bonds is 3. The number of anilines is 1. The average molecular weight is 212 g/mol. The fourth-order valence-corrected chi connectivity index (χ4v) is 2.75. The number of nitrogen functional groups attached to an aromatic ring is 1. The van der Waals surface area contributed by atoms with Crippen LogP contribution in [-0.2, 0) is 6.42 Å². The number of thiophene rings is 1. The van der Waals surface area contributed by atoms with E-state index in [1.54, 1.807) is 0 Å². The minimum Gasteiger partial charge on any atom is -0.390 e. The van der Waals surface area contributed by atoms with Crippen LogP contribution in [0.15, 0.2) is 0 Å². The number of amides is 1. The highest BCUT2D eigenvalue weighted by atomic mass is 32.1. The molecule has 4 N–H and O–H groups in total. The molecule has 1 amide bonds. The van der Waals surface area contributed by atoms with Crippen molar-refractivity contribution < 1.29 is 4.79 Å². The summed E-state index contributed by atoms with van der Waals surface area (Å²) in [5, 5.41) is 0.547. The quantitative estimate of drug-likeness (QED) is 0.803. The van der Waals surface area contributed by atoms with Gasteiger partial charge in [0.15, 0.2) is 0 Å². The van der Waals surface area contributed by atoms with Crippen molar-refractivity contribution in [2.75, 3.05) is 5.73 Å². The molecular weight excluding hydrogens is 196 g/mol. The molecular formula is C10H16N2OS. The lowest BCUT2D eigenvalue weighted by Gasteiger charge is -2.02. The van der Waals surface area contributed by atoms with Gasteiger partial charge >= 0.3 is 0 Å². The second-order valence-electron chi connectivity index (χ2n) is 3.85. The van der Waals surface area contributed by atoms with E-state index in [2.05, 4.69) is 13.8 Å². The van der Waals surface area contributed by atoms with E-state index in [0.717, 1.165) is 12.0 Å². The van der Waals surface area contributed by atoms with Crippen LogP contribution in [0.1, 0.15) is 34.6 Å². The van der Waals surface area contributed by atoms with E-state index in [-0.39, 0.29) is 0 Å². The van der Waals surface area contributed by atoms with Crippen LogP contribution in [0.5, 0.6) is 0 Å². The predicted octanol–water partition coefficient (Wildman–Crippen LogP) is 1.94. The number of carbonyl (C=O) groups is 1. The van der Waals surface area contributed by atoms with E-state index >= 15 is 0 Å². The number of carbonyl (C=O) groups excluding carboxylic acids is 1. The monoisotopic (exact) mass is 212 g/mol. The van der Waals surface area contributed by atoms with Gasteiger partial charge in [-0.25, -0.2) is 0 Å². The number of hydrogen-bond donors (Lipinski definition) is 2. The van der Waals surface area contributed by atoms with E-state index in [9.17, 15) is 4.79 Å². The van der Waals surface area contributed by atoms with Crippen LogP contribution in [0.3, 0.4) is 0 Å². The summed E-state index contributed by atoms with van der Waals surface area (Å²) in [5.74, 6) is 0.138. The molecule has 0 aliphatic carbocycles. The Labute approximate surface area is 88.1 Å². The number of hydrogen-bond acceptors (Lipinski definition) is 3. The number of primary amides is 1. The minimum absolute atomic E-state index is 0.425. The van der Waals surface area contributed by atoms with E-state index in [1.165, 1.54) is 16.2 Å². The van der Waals surface area contributed by atoms with Crippen molar-refractivity contribution in [2.24, 2.45) is 11.7 Å². The molecule has 1 heterocycles. The Morgan fingerprint density at radius 2 is 2.07 bits per heavy atom. The van der Waals surface area contributed by atoms with Gasteiger partial charge < -0.3 is 11.5 Å². The average Bonchev–Trinajstić information content (AvgIpc) is 2.25. The fourth-order valence-electron chi connectivity index (χ4n) is 1.46. The maximum absolute atomic E-state index is 11.1. The van der Waals surface area contributed by atoms with Gasteiger partial charge in [-0.2, -0.15) is 0 Å². The van der Waals surface area contributed by atoms with Gasteiger partial charge in [0.2, 0.25) is 0 Å². The molecule has 3 nitrogen and oxygen atoms in total. The van der Waals surface area contributed by atoms with Crippen LogP contribution in [-0.4, -0.2) is 5.91 Å². The van der Waals surface area contributed by atoms with E-state index in [1.807, 2.05) is 6.92 Å². The van der Waals surface area contributed by atoms with Gasteiger partial charge in [-0.15, -0.1) is 11.3 Å². The van der Waals surface area contributed by atoms with E-state index in [4.69, 9.17) is 11.5 Å². The summed E-state index contributed by atoms with van der Waals surface area (Å²) in [6.45, 7) is 6.18. The molecule has 78 valence electrons. The molecule has 0 spiro atoms. The zero-order chi connectivity index (χ0) is 10.9. The third-order valence-electron chi connectivity index (χ3n) is 2.11. The molecule has 1 aromatic rings. The molecule has 0 bridgehead atoms. The van der Waals surface area contributed by atoms with Crippen molar-refractivity contribution in [3.8, 4) is 0 Å². The topological polar surface area (TPSA) is 69.1 Å². The first-order chi connectivity index (χ1) is 6.43. The van der Waals surface area contributed by atoms with Gasteiger partial charge in [-0.3, -0.25) is 4.79 Å². The maximum atomic E-state index is 11.1. The second kappa shape index (κ2) is 4.00. The van der Waals surface area contributed by atoms with Crippen molar-refractivity contribution >= 4 is 22.2 Å². The van der Waals surface area contributed by atoms with Crippen LogP contribution in [0, 0.1) is 12.8 Å². The van der Waals surface area contributed by atoms with Crippen molar-refractivity contribution in [1.82, 2.24) is 0 Å². The highest BCUT2D eigenvalue weighted by molar-refractivity contribution is 7.16. The van der Waals surface area contributed by atoms with Gasteiger partial charge in [0.05, 0.1) is 10.6 Å². The lowest BCUT2D eigenvalue weighted by Crippen LogP contribution is -2.13. The molecule has 0 aliphatic heterocycles. The lowest BCUT2D eigenvalue weighted by atomic mass is 10.0. The molecule has 14 heavy (non-hydrogen) atoms. The molecule has 0 saturated carbocycles. The molecule has 1 rings (SSSR count). The Hall–Kier alpha value is -1.03. The highest BCUT2D eigenvalue weighted by Crippen LogP contribution is 2.31. The summed E-state index contributed by atoms with van der Waals surface area (Å²) < 4.78 is 0. The standard InChI is InChI=1S/C10H16N2OS/c1-5(2)4-7-6(3)8(9(11)13)10(12)14-7/h5H,4,12H2,1-3H3,(H2,11,13). The van der Waals surface area contributed by atoms with Crippen LogP contribution >= 0.6 is 11.3 Å². The van der Waals surface area contributed by atoms with Gasteiger partial charge in [0.1, 0.15) is 0 Å². The first kappa shape index (κ1) is 11.0. The summed E-state index contributed by atoms with van der Waals surface area (Å²) in [7, 11) is 0. The van der Waals surface area contributed by atoms with Crippen LogP contribution in [0.25, 0.3) is 0 Å². The van der Waals surface area contributed by atoms with Crippen molar-refractivity contribution in [2.45, 2.75) is 27.2 Å². The van der Waals surface area contributed by atoms with Gasteiger partial charge in [-0.1, -0.05) is 13.8 Å². The molecule has 0 saturated heterocycles. The highest BCUT2D eigenvalue weighted by Gasteiger charge is 2.17. The zero-order valence-electron chi connectivity index (χ0n) is 8.76. The largest absolute Gasteiger partial charge is 0.390 e. The zero-order valence-corrected chi connectivity index (χ0v) is 9.57. The summed E-state index contributed by atoms with van der Waals surface area (Å²) in [6, 6.07) is 0.